The highest BCUT2D eigenvalue weighted by molar-refractivity contribution is 9.10. The van der Waals surface area contributed by atoms with Crippen LogP contribution in [0.4, 0.5) is 13.2 Å². The predicted octanol–water partition coefficient (Wildman–Crippen LogP) is 2.85. The van der Waals surface area contributed by atoms with Crippen molar-refractivity contribution in [2.75, 3.05) is 19.7 Å². The largest absolute Gasteiger partial charge is 0.406 e. The average molecular weight is 352 g/mol. The summed E-state index contributed by atoms with van der Waals surface area (Å²) in [7, 11) is 0. The standard InChI is InChI=1S/C13H13BrF3NO2/c14-11-4-1-10(2-5-11)3-6-12(20)18(7-8-19)9-13(15,16)17/h1-6,19H,7-9H2/b6-3+. The van der Waals surface area contributed by atoms with Crippen LogP contribution in [-0.2, 0) is 4.79 Å². The Balaban J connectivity index is 2.72. The Morgan fingerprint density at radius 1 is 1.30 bits per heavy atom. The number of carbonyl (C=O) groups excluding carboxylic acids is 1. The Hall–Kier alpha value is -1.34. The first-order valence-electron chi connectivity index (χ1n) is 5.72. The van der Waals surface area contributed by atoms with Gasteiger partial charge in [-0.1, -0.05) is 28.1 Å². The minimum atomic E-state index is -4.49. The summed E-state index contributed by atoms with van der Waals surface area (Å²) in [5.74, 6) is -0.792. The highest BCUT2D eigenvalue weighted by Gasteiger charge is 2.32. The number of alkyl halides is 3. The number of nitrogens with zero attached hydrogens (tertiary/aromatic N) is 1. The van der Waals surface area contributed by atoms with E-state index in [1.165, 1.54) is 6.08 Å². The molecule has 0 saturated carbocycles. The molecule has 0 aliphatic heterocycles. The van der Waals surface area contributed by atoms with Crippen LogP contribution in [0.3, 0.4) is 0 Å². The molecule has 20 heavy (non-hydrogen) atoms. The van der Waals surface area contributed by atoms with Gasteiger partial charge in [-0.3, -0.25) is 4.79 Å². The molecular weight excluding hydrogens is 339 g/mol. The summed E-state index contributed by atoms with van der Waals surface area (Å²) in [5, 5.41) is 8.71. The lowest BCUT2D eigenvalue weighted by Crippen LogP contribution is -2.39. The van der Waals surface area contributed by atoms with E-state index in [1.807, 2.05) is 0 Å². The van der Waals surface area contributed by atoms with Crippen LogP contribution in [0.1, 0.15) is 5.56 Å². The van der Waals surface area contributed by atoms with Crippen molar-refractivity contribution in [2.45, 2.75) is 6.18 Å². The van der Waals surface area contributed by atoms with Gasteiger partial charge in [0, 0.05) is 17.1 Å². The van der Waals surface area contributed by atoms with Crippen LogP contribution >= 0.6 is 15.9 Å². The van der Waals surface area contributed by atoms with Crippen LogP contribution < -0.4 is 0 Å². The summed E-state index contributed by atoms with van der Waals surface area (Å²) in [6.45, 7) is -2.26. The summed E-state index contributed by atoms with van der Waals surface area (Å²) < 4.78 is 37.7. The van der Waals surface area contributed by atoms with Gasteiger partial charge in [0.1, 0.15) is 6.54 Å². The quantitative estimate of drug-likeness (QED) is 0.828. The number of benzene rings is 1. The SMILES string of the molecule is O=C(/C=C/c1ccc(Br)cc1)N(CCO)CC(F)(F)F. The summed E-state index contributed by atoms with van der Waals surface area (Å²) in [5.41, 5.74) is 0.692. The second-order valence-corrected chi connectivity index (χ2v) is 4.90. The number of carbonyl (C=O) groups is 1. The van der Waals surface area contributed by atoms with Crippen molar-refractivity contribution in [2.24, 2.45) is 0 Å². The fourth-order valence-corrected chi connectivity index (χ4v) is 1.72. The van der Waals surface area contributed by atoms with E-state index in [2.05, 4.69) is 15.9 Å². The minimum absolute atomic E-state index is 0.358. The molecule has 0 aliphatic carbocycles. The summed E-state index contributed by atoms with van der Waals surface area (Å²) >= 11 is 3.25. The zero-order chi connectivity index (χ0) is 15.2. The van der Waals surface area contributed by atoms with E-state index in [0.29, 0.717) is 10.5 Å². The number of aliphatic hydroxyl groups is 1. The number of halogens is 4. The topological polar surface area (TPSA) is 40.5 Å². The van der Waals surface area contributed by atoms with Gasteiger partial charge >= 0.3 is 6.18 Å². The minimum Gasteiger partial charge on any atom is -0.395 e. The maximum atomic E-state index is 12.3. The lowest BCUT2D eigenvalue weighted by Gasteiger charge is -2.21. The van der Waals surface area contributed by atoms with Crippen LogP contribution in [0, 0.1) is 0 Å². The molecule has 0 radical (unpaired) electrons. The third kappa shape index (κ3) is 6.21. The molecule has 110 valence electrons. The molecule has 1 rings (SSSR count). The Morgan fingerprint density at radius 3 is 2.40 bits per heavy atom. The van der Waals surface area contributed by atoms with Gasteiger partial charge in [0.25, 0.3) is 0 Å². The zero-order valence-corrected chi connectivity index (χ0v) is 12.0. The molecule has 0 heterocycles. The van der Waals surface area contributed by atoms with Gasteiger partial charge in [-0.25, -0.2) is 0 Å². The molecule has 3 nitrogen and oxygen atoms in total. The molecule has 0 saturated heterocycles. The van der Waals surface area contributed by atoms with E-state index >= 15 is 0 Å². The number of hydrogen-bond donors (Lipinski definition) is 1. The number of aliphatic hydroxyl groups excluding tert-OH is 1. The molecule has 0 atom stereocenters. The van der Waals surface area contributed by atoms with Gasteiger partial charge in [-0.15, -0.1) is 0 Å². The fourth-order valence-electron chi connectivity index (χ4n) is 1.45. The molecule has 1 amide bonds. The molecule has 1 aromatic carbocycles. The smallest absolute Gasteiger partial charge is 0.395 e. The van der Waals surface area contributed by atoms with Crippen molar-refractivity contribution in [1.82, 2.24) is 4.90 Å². The lowest BCUT2D eigenvalue weighted by molar-refractivity contribution is -0.158. The van der Waals surface area contributed by atoms with E-state index < -0.39 is 25.2 Å². The van der Waals surface area contributed by atoms with Crippen LogP contribution in [0.25, 0.3) is 6.08 Å². The van der Waals surface area contributed by atoms with Crippen molar-refractivity contribution in [3.8, 4) is 0 Å². The van der Waals surface area contributed by atoms with Gasteiger partial charge in [0.05, 0.1) is 6.61 Å². The molecule has 0 aromatic heterocycles. The third-order valence-electron chi connectivity index (χ3n) is 2.34. The van der Waals surface area contributed by atoms with Crippen molar-refractivity contribution in [1.29, 1.82) is 0 Å². The maximum Gasteiger partial charge on any atom is 0.406 e. The van der Waals surface area contributed by atoms with Crippen LogP contribution in [-0.4, -0.2) is 41.8 Å². The first-order chi connectivity index (χ1) is 9.31. The monoisotopic (exact) mass is 351 g/mol. The predicted molar refractivity (Wildman–Crippen MR) is 72.9 cm³/mol. The van der Waals surface area contributed by atoms with Crippen molar-refractivity contribution in [3.05, 3.63) is 40.4 Å². The van der Waals surface area contributed by atoms with Gasteiger partial charge in [0.2, 0.25) is 5.91 Å². The Bertz CT molecular complexity index is 471. The lowest BCUT2D eigenvalue weighted by atomic mass is 10.2. The second kappa shape index (κ2) is 7.44. The zero-order valence-electron chi connectivity index (χ0n) is 10.4. The van der Waals surface area contributed by atoms with Gasteiger partial charge < -0.3 is 10.0 Å². The summed E-state index contributed by atoms with van der Waals surface area (Å²) in [6, 6.07) is 6.94. The van der Waals surface area contributed by atoms with Gasteiger partial charge in [-0.2, -0.15) is 13.2 Å². The molecular formula is C13H13BrF3NO2. The van der Waals surface area contributed by atoms with Crippen molar-refractivity contribution in [3.63, 3.8) is 0 Å². The highest BCUT2D eigenvalue weighted by atomic mass is 79.9. The maximum absolute atomic E-state index is 12.3. The number of rotatable bonds is 5. The second-order valence-electron chi connectivity index (χ2n) is 3.98. The number of amides is 1. The molecule has 1 N–H and O–H groups in total. The first-order valence-corrected chi connectivity index (χ1v) is 6.51. The van der Waals surface area contributed by atoms with Crippen LogP contribution in [0.15, 0.2) is 34.8 Å². The summed E-state index contributed by atoms with van der Waals surface area (Å²) in [4.78, 5) is 12.2. The molecule has 1 aromatic rings. The molecule has 0 bridgehead atoms. The number of hydrogen-bond acceptors (Lipinski definition) is 2. The Morgan fingerprint density at radius 2 is 1.90 bits per heavy atom. The molecule has 0 aliphatic rings. The molecule has 0 unspecified atom stereocenters. The van der Waals surface area contributed by atoms with Gasteiger partial charge in [-0.05, 0) is 23.8 Å². The van der Waals surface area contributed by atoms with Crippen molar-refractivity contribution >= 4 is 27.9 Å². The van der Waals surface area contributed by atoms with E-state index in [1.54, 1.807) is 24.3 Å². The van der Waals surface area contributed by atoms with Crippen LogP contribution in [0.5, 0.6) is 0 Å². The molecule has 7 heteroatoms. The normalized spacial score (nSPS) is 11.8. The first kappa shape index (κ1) is 16.7. The fraction of sp³-hybridized carbons (Fsp3) is 0.308. The van der Waals surface area contributed by atoms with Crippen molar-refractivity contribution < 1.29 is 23.1 Å². The average Bonchev–Trinajstić information content (AvgIpc) is 2.35. The van der Waals surface area contributed by atoms with Gasteiger partial charge in [0.15, 0.2) is 0 Å². The Labute approximate surface area is 122 Å². The Kier molecular flexibility index (Phi) is 6.22. The molecule has 0 spiro atoms. The van der Waals surface area contributed by atoms with Crippen LogP contribution in [0.2, 0.25) is 0 Å². The van der Waals surface area contributed by atoms with E-state index in [4.69, 9.17) is 5.11 Å². The third-order valence-corrected chi connectivity index (χ3v) is 2.87. The van der Waals surface area contributed by atoms with E-state index in [0.717, 1.165) is 10.5 Å². The molecule has 0 fully saturated rings. The highest BCUT2D eigenvalue weighted by Crippen LogP contribution is 2.17. The summed E-state index contributed by atoms with van der Waals surface area (Å²) in [6.07, 6.45) is -2.00. The van der Waals surface area contributed by atoms with E-state index in [-0.39, 0.29) is 6.54 Å². The van der Waals surface area contributed by atoms with E-state index in [9.17, 15) is 18.0 Å².